The van der Waals surface area contributed by atoms with Gasteiger partial charge >= 0.3 is 0 Å². The van der Waals surface area contributed by atoms with Crippen LogP contribution in [0.2, 0.25) is 0 Å². The molecule has 1 aromatic carbocycles. The van der Waals surface area contributed by atoms with Crippen molar-refractivity contribution in [2.45, 2.75) is 20.4 Å². The molecule has 2 aromatic rings. The molecule has 0 saturated heterocycles. The molecular formula is C14H17N3O2. The number of rotatable bonds is 5. The standard InChI is InChI=1S/C14H17N3O2/c1-11(16-18)13-4-3-5-14(10-13)19-9-8-17-7-6-15-12(17)2/h3-7,10,18H,8-9H2,1-2H3/b16-11-. The van der Waals surface area contributed by atoms with Crippen molar-refractivity contribution in [1.82, 2.24) is 9.55 Å². The predicted molar refractivity (Wildman–Crippen MR) is 72.9 cm³/mol. The van der Waals surface area contributed by atoms with E-state index >= 15 is 0 Å². The minimum Gasteiger partial charge on any atom is -0.492 e. The Bertz CT molecular complexity index is 576. The quantitative estimate of drug-likeness (QED) is 0.510. The number of oxime groups is 1. The lowest BCUT2D eigenvalue weighted by Gasteiger charge is -2.09. The monoisotopic (exact) mass is 259 g/mol. The van der Waals surface area contributed by atoms with Crippen LogP contribution in [0.5, 0.6) is 5.75 Å². The first-order chi connectivity index (χ1) is 9.20. The number of hydrogen-bond acceptors (Lipinski definition) is 4. The van der Waals surface area contributed by atoms with Crippen LogP contribution >= 0.6 is 0 Å². The van der Waals surface area contributed by atoms with Gasteiger partial charge in [-0.3, -0.25) is 0 Å². The fraction of sp³-hybridized carbons (Fsp3) is 0.286. The molecule has 19 heavy (non-hydrogen) atoms. The van der Waals surface area contributed by atoms with E-state index in [0.717, 1.165) is 23.7 Å². The molecule has 0 aliphatic rings. The maximum atomic E-state index is 8.75. The van der Waals surface area contributed by atoms with Crippen LogP contribution in [0.3, 0.4) is 0 Å². The van der Waals surface area contributed by atoms with Gasteiger partial charge in [0.15, 0.2) is 0 Å². The highest BCUT2D eigenvalue weighted by atomic mass is 16.5. The Morgan fingerprint density at radius 1 is 1.47 bits per heavy atom. The molecule has 2 rings (SSSR count). The molecule has 1 heterocycles. The molecule has 0 radical (unpaired) electrons. The van der Waals surface area contributed by atoms with E-state index in [0.29, 0.717) is 12.3 Å². The first-order valence-electron chi connectivity index (χ1n) is 6.10. The maximum absolute atomic E-state index is 8.75. The number of nitrogens with zero attached hydrogens (tertiary/aromatic N) is 3. The van der Waals surface area contributed by atoms with Crippen LogP contribution in [0.1, 0.15) is 18.3 Å². The van der Waals surface area contributed by atoms with Crippen LogP contribution in [-0.4, -0.2) is 27.1 Å². The van der Waals surface area contributed by atoms with E-state index in [9.17, 15) is 0 Å². The fourth-order valence-electron chi connectivity index (χ4n) is 1.77. The van der Waals surface area contributed by atoms with Gasteiger partial charge < -0.3 is 14.5 Å². The molecule has 0 amide bonds. The van der Waals surface area contributed by atoms with Gasteiger partial charge in [0.2, 0.25) is 0 Å². The first-order valence-corrected chi connectivity index (χ1v) is 6.10. The lowest BCUT2D eigenvalue weighted by molar-refractivity contribution is 0.297. The molecule has 0 unspecified atom stereocenters. The zero-order valence-corrected chi connectivity index (χ0v) is 11.1. The first kappa shape index (κ1) is 13.1. The van der Waals surface area contributed by atoms with Crippen LogP contribution in [0.25, 0.3) is 0 Å². The summed E-state index contributed by atoms with van der Waals surface area (Å²) < 4.78 is 7.72. The third kappa shape index (κ3) is 3.34. The smallest absolute Gasteiger partial charge is 0.120 e. The Hall–Kier alpha value is -2.30. The Morgan fingerprint density at radius 2 is 2.32 bits per heavy atom. The highest BCUT2D eigenvalue weighted by Gasteiger charge is 2.01. The zero-order chi connectivity index (χ0) is 13.7. The van der Waals surface area contributed by atoms with Crippen LogP contribution < -0.4 is 4.74 Å². The Morgan fingerprint density at radius 3 is 3.00 bits per heavy atom. The van der Waals surface area contributed by atoms with E-state index in [1.54, 1.807) is 13.1 Å². The summed E-state index contributed by atoms with van der Waals surface area (Å²) in [6.45, 7) is 5.02. The molecule has 5 nitrogen and oxygen atoms in total. The van der Waals surface area contributed by atoms with Crippen molar-refractivity contribution in [2.24, 2.45) is 5.16 Å². The number of imidazole rings is 1. The van der Waals surface area contributed by atoms with Crippen molar-refractivity contribution < 1.29 is 9.94 Å². The SMILES string of the molecule is C/C(=N/O)c1cccc(OCCn2ccnc2C)c1. The van der Waals surface area contributed by atoms with Crippen molar-refractivity contribution in [3.63, 3.8) is 0 Å². The molecule has 0 spiro atoms. The summed E-state index contributed by atoms with van der Waals surface area (Å²) in [7, 11) is 0. The Balaban J connectivity index is 1.95. The van der Waals surface area contributed by atoms with Crippen molar-refractivity contribution in [3.8, 4) is 5.75 Å². The van der Waals surface area contributed by atoms with Crippen molar-refractivity contribution in [3.05, 3.63) is 48.0 Å². The topological polar surface area (TPSA) is 59.6 Å². The molecule has 0 fully saturated rings. The average molecular weight is 259 g/mol. The highest BCUT2D eigenvalue weighted by Crippen LogP contribution is 2.14. The van der Waals surface area contributed by atoms with Gasteiger partial charge in [-0.2, -0.15) is 0 Å². The van der Waals surface area contributed by atoms with Crippen LogP contribution in [0, 0.1) is 6.92 Å². The second-order valence-corrected chi connectivity index (χ2v) is 4.23. The Kier molecular flexibility index (Phi) is 4.18. The molecule has 100 valence electrons. The minimum atomic E-state index is 0.565. The predicted octanol–water partition coefficient (Wildman–Crippen LogP) is 2.47. The van der Waals surface area contributed by atoms with E-state index in [-0.39, 0.29) is 0 Å². The van der Waals surface area contributed by atoms with Gasteiger partial charge in [-0.15, -0.1) is 0 Å². The molecule has 0 aliphatic carbocycles. The molecule has 0 atom stereocenters. The van der Waals surface area contributed by atoms with E-state index in [4.69, 9.17) is 9.94 Å². The molecule has 1 N–H and O–H groups in total. The number of aromatic nitrogens is 2. The third-order valence-corrected chi connectivity index (χ3v) is 2.93. The van der Waals surface area contributed by atoms with Crippen molar-refractivity contribution in [1.29, 1.82) is 0 Å². The van der Waals surface area contributed by atoms with Crippen LogP contribution in [0.15, 0.2) is 41.8 Å². The summed E-state index contributed by atoms with van der Waals surface area (Å²) in [5.41, 5.74) is 1.41. The number of hydrogen-bond donors (Lipinski definition) is 1. The molecule has 5 heteroatoms. The van der Waals surface area contributed by atoms with E-state index in [2.05, 4.69) is 10.1 Å². The minimum absolute atomic E-state index is 0.565. The highest BCUT2D eigenvalue weighted by molar-refractivity contribution is 5.98. The van der Waals surface area contributed by atoms with Gasteiger partial charge in [-0.05, 0) is 26.0 Å². The number of benzene rings is 1. The lowest BCUT2D eigenvalue weighted by Crippen LogP contribution is -2.09. The summed E-state index contributed by atoms with van der Waals surface area (Å²) in [6.07, 6.45) is 3.70. The lowest BCUT2D eigenvalue weighted by atomic mass is 10.1. The second-order valence-electron chi connectivity index (χ2n) is 4.23. The van der Waals surface area contributed by atoms with E-state index in [1.807, 2.05) is 42.0 Å². The average Bonchev–Trinajstić information content (AvgIpc) is 2.84. The summed E-state index contributed by atoms with van der Waals surface area (Å²) in [6, 6.07) is 7.49. The zero-order valence-electron chi connectivity index (χ0n) is 11.1. The summed E-state index contributed by atoms with van der Waals surface area (Å²) in [5.74, 6) is 1.74. The van der Waals surface area contributed by atoms with Crippen molar-refractivity contribution >= 4 is 5.71 Å². The molecule has 0 bridgehead atoms. The van der Waals surface area contributed by atoms with Gasteiger partial charge in [0.1, 0.15) is 18.2 Å². The molecule has 1 aromatic heterocycles. The largest absolute Gasteiger partial charge is 0.492 e. The third-order valence-electron chi connectivity index (χ3n) is 2.93. The molecule has 0 saturated carbocycles. The molecular weight excluding hydrogens is 242 g/mol. The normalized spacial score (nSPS) is 11.6. The van der Waals surface area contributed by atoms with Gasteiger partial charge in [0.05, 0.1) is 12.3 Å². The van der Waals surface area contributed by atoms with E-state index in [1.165, 1.54) is 0 Å². The van der Waals surface area contributed by atoms with Crippen LogP contribution in [0.4, 0.5) is 0 Å². The van der Waals surface area contributed by atoms with Crippen molar-refractivity contribution in [2.75, 3.05) is 6.61 Å². The number of aryl methyl sites for hydroxylation is 1. The summed E-state index contributed by atoms with van der Waals surface area (Å²) in [4.78, 5) is 4.15. The van der Waals surface area contributed by atoms with Crippen LogP contribution in [-0.2, 0) is 6.54 Å². The van der Waals surface area contributed by atoms with Gasteiger partial charge in [0.25, 0.3) is 0 Å². The van der Waals surface area contributed by atoms with Gasteiger partial charge in [-0.25, -0.2) is 4.98 Å². The molecule has 0 aliphatic heterocycles. The van der Waals surface area contributed by atoms with Gasteiger partial charge in [0, 0.05) is 18.0 Å². The number of ether oxygens (including phenoxy) is 1. The second kappa shape index (κ2) is 6.04. The Labute approximate surface area is 112 Å². The van der Waals surface area contributed by atoms with E-state index < -0.39 is 0 Å². The summed E-state index contributed by atoms with van der Waals surface area (Å²) in [5, 5.41) is 11.9. The maximum Gasteiger partial charge on any atom is 0.120 e. The fourth-order valence-corrected chi connectivity index (χ4v) is 1.77. The summed E-state index contributed by atoms with van der Waals surface area (Å²) >= 11 is 0. The van der Waals surface area contributed by atoms with Gasteiger partial charge in [-0.1, -0.05) is 17.3 Å².